The molecule has 0 saturated heterocycles. The molecule has 0 aliphatic carbocycles. The van der Waals surface area contributed by atoms with Crippen molar-refractivity contribution in [2.24, 2.45) is 0 Å². The Kier molecular flexibility index (Phi) is 4.55. The Bertz CT molecular complexity index is 1260. The minimum absolute atomic E-state index is 0.788. The molecule has 4 aromatic carbocycles. The fraction of sp³-hybridized carbons (Fsp3) is 0.111. The lowest BCUT2D eigenvalue weighted by molar-refractivity contribution is 1.23. The van der Waals surface area contributed by atoms with Gasteiger partial charge in [-0.2, -0.15) is 0 Å². The number of para-hydroxylation sites is 1. The largest absolute Gasteiger partial charge is 0.398 e. The lowest BCUT2D eigenvalue weighted by Gasteiger charge is -2.35. The second kappa shape index (κ2) is 7.40. The normalized spacial score (nSPS) is 12.0. The molecule has 4 N–H and O–H groups in total. The summed E-state index contributed by atoms with van der Waals surface area (Å²) < 4.78 is 0. The third-order valence-electron chi connectivity index (χ3n) is 5.82. The van der Waals surface area contributed by atoms with Crippen LogP contribution in [0.5, 0.6) is 0 Å². The molecule has 31 heavy (non-hydrogen) atoms. The number of hydrogen-bond donors (Lipinski definition) is 3. The first-order valence-electron chi connectivity index (χ1n) is 10.5. The first-order valence-corrected chi connectivity index (χ1v) is 10.5. The molecule has 0 unspecified atom stereocenters. The van der Waals surface area contributed by atoms with Crippen LogP contribution in [-0.2, 0) is 0 Å². The third kappa shape index (κ3) is 3.46. The van der Waals surface area contributed by atoms with Gasteiger partial charge in [0.25, 0.3) is 0 Å². The summed E-state index contributed by atoms with van der Waals surface area (Å²) in [7, 11) is 0. The Morgan fingerprint density at radius 2 is 1.39 bits per heavy atom. The van der Waals surface area contributed by atoms with E-state index in [-0.39, 0.29) is 0 Å². The highest BCUT2D eigenvalue weighted by Crippen LogP contribution is 2.50. The number of hydrogen-bond acceptors (Lipinski definition) is 4. The van der Waals surface area contributed by atoms with E-state index in [4.69, 9.17) is 5.73 Å². The number of nitrogens with zero attached hydrogens (tertiary/aromatic N) is 1. The molecule has 0 amide bonds. The molecule has 0 atom stereocenters. The van der Waals surface area contributed by atoms with Crippen LogP contribution in [0.1, 0.15) is 16.7 Å². The zero-order valence-electron chi connectivity index (χ0n) is 18.0. The Labute approximate surface area is 183 Å². The molecular formula is C27H26N4. The fourth-order valence-corrected chi connectivity index (χ4v) is 4.04. The Morgan fingerprint density at radius 1 is 0.742 bits per heavy atom. The number of aryl methyl sites for hydroxylation is 3. The molecule has 0 radical (unpaired) electrons. The zero-order valence-corrected chi connectivity index (χ0v) is 18.0. The first-order chi connectivity index (χ1) is 15.0. The maximum absolute atomic E-state index is 6.32. The Balaban J connectivity index is 1.68. The van der Waals surface area contributed by atoms with E-state index in [0.717, 1.165) is 51.1 Å². The van der Waals surface area contributed by atoms with Gasteiger partial charge in [-0.15, -0.1) is 0 Å². The first kappa shape index (κ1) is 19.1. The van der Waals surface area contributed by atoms with Gasteiger partial charge in [0.15, 0.2) is 0 Å². The van der Waals surface area contributed by atoms with Gasteiger partial charge >= 0.3 is 0 Å². The topological polar surface area (TPSA) is 53.3 Å². The molecule has 0 saturated carbocycles. The monoisotopic (exact) mass is 406 g/mol. The average Bonchev–Trinajstić information content (AvgIpc) is 2.76. The molecule has 4 nitrogen and oxygen atoms in total. The van der Waals surface area contributed by atoms with Gasteiger partial charge in [0.1, 0.15) is 0 Å². The van der Waals surface area contributed by atoms with Gasteiger partial charge < -0.3 is 21.3 Å². The summed E-state index contributed by atoms with van der Waals surface area (Å²) in [5.74, 6) is 0. The molecule has 1 aliphatic rings. The third-order valence-corrected chi connectivity index (χ3v) is 5.82. The van der Waals surface area contributed by atoms with Crippen LogP contribution in [0, 0.1) is 20.8 Å². The van der Waals surface area contributed by atoms with Crippen molar-refractivity contribution in [3.63, 3.8) is 0 Å². The van der Waals surface area contributed by atoms with Crippen molar-refractivity contribution >= 4 is 45.5 Å². The summed E-state index contributed by atoms with van der Waals surface area (Å²) in [4.78, 5) is 2.28. The summed E-state index contributed by atoms with van der Waals surface area (Å²) in [6.45, 7) is 6.28. The van der Waals surface area contributed by atoms with Crippen molar-refractivity contribution in [3.8, 4) is 0 Å². The van der Waals surface area contributed by atoms with Crippen LogP contribution in [0.4, 0.5) is 45.5 Å². The molecule has 5 rings (SSSR count). The van der Waals surface area contributed by atoms with Gasteiger partial charge in [-0.1, -0.05) is 35.9 Å². The second-order valence-corrected chi connectivity index (χ2v) is 8.20. The van der Waals surface area contributed by atoms with E-state index >= 15 is 0 Å². The fourth-order valence-electron chi connectivity index (χ4n) is 4.04. The SMILES string of the molecule is Cc1ccc(N2c3cc(N)c(C)cc3Nc3cc(C)c(Nc4ccccc4)cc32)cc1. The van der Waals surface area contributed by atoms with E-state index in [1.807, 2.05) is 25.1 Å². The molecule has 154 valence electrons. The van der Waals surface area contributed by atoms with Crippen LogP contribution in [0.15, 0.2) is 78.9 Å². The number of fused-ring (bicyclic) bond motifs is 2. The summed E-state index contributed by atoms with van der Waals surface area (Å²) in [5, 5.41) is 7.20. The van der Waals surface area contributed by atoms with Crippen LogP contribution >= 0.6 is 0 Å². The van der Waals surface area contributed by atoms with Crippen molar-refractivity contribution in [1.82, 2.24) is 0 Å². The van der Waals surface area contributed by atoms with Gasteiger partial charge in [-0.25, -0.2) is 0 Å². The number of benzene rings is 4. The van der Waals surface area contributed by atoms with Crippen molar-refractivity contribution in [1.29, 1.82) is 0 Å². The molecule has 1 aliphatic heterocycles. The van der Waals surface area contributed by atoms with Crippen LogP contribution < -0.4 is 21.3 Å². The Morgan fingerprint density at radius 3 is 2.10 bits per heavy atom. The lowest BCUT2D eigenvalue weighted by atomic mass is 10.0. The number of nitrogen functional groups attached to an aromatic ring is 1. The van der Waals surface area contributed by atoms with Gasteiger partial charge in [0.2, 0.25) is 0 Å². The highest BCUT2D eigenvalue weighted by Gasteiger charge is 2.26. The number of nitrogens with one attached hydrogen (secondary N) is 2. The van der Waals surface area contributed by atoms with Gasteiger partial charge in [-0.3, -0.25) is 0 Å². The molecule has 0 fully saturated rings. The second-order valence-electron chi connectivity index (χ2n) is 8.20. The van der Waals surface area contributed by atoms with Gasteiger partial charge in [-0.05, 0) is 80.4 Å². The molecular weight excluding hydrogens is 380 g/mol. The van der Waals surface area contributed by atoms with Crippen LogP contribution in [0.3, 0.4) is 0 Å². The lowest BCUT2D eigenvalue weighted by Crippen LogP contribution is -2.19. The summed E-state index contributed by atoms with van der Waals surface area (Å²) in [6.07, 6.45) is 0. The van der Waals surface area contributed by atoms with Gasteiger partial charge in [0, 0.05) is 22.7 Å². The minimum atomic E-state index is 0.788. The van der Waals surface area contributed by atoms with Crippen LogP contribution in [0.2, 0.25) is 0 Å². The molecule has 0 aromatic heterocycles. The van der Waals surface area contributed by atoms with E-state index in [9.17, 15) is 0 Å². The number of nitrogens with two attached hydrogens (primary N) is 1. The zero-order chi connectivity index (χ0) is 21.5. The predicted molar refractivity (Wildman–Crippen MR) is 133 cm³/mol. The van der Waals surface area contributed by atoms with Gasteiger partial charge in [0.05, 0.1) is 22.7 Å². The summed E-state index contributed by atoms with van der Waals surface area (Å²) in [5.41, 5.74) is 18.1. The average molecular weight is 407 g/mol. The van der Waals surface area contributed by atoms with Crippen molar-refractivity contribution in [2.75, 3.05) is 21.3 Å². The van der Waals surface area contributed by atoms with E-state index in [1.165, 1.54) is 11.1 Å². The quantitative estimate of drug-likeness (QED) is 0.272. The standard InChI is InChI=1S/C27H26N4/c1-17-9-11-21(12-10-17)31-26-15-22(28)18(2)13-24(26)30-25-14-19(3)23(16-27(25)31)29-20-7-5-4-6-8-20/h4-16,29-30H,28H2,1-3H3. The summed E-state index contributed by atoms with van der Waals surface area (Å²) in [6, 6.07) is 27.5. The van der Waals surface area contributed by atoms with E-state index in [0.29, 0.717) is 0 Å². The molecule has 0 bridgehead atoms. The van der Waals surface area contributed by atoms with Crippen molar-refractivity contribution in [2.45, 2.75) is 20.8 Å². The summed E-state index contributed by atoms with van der Waals surface area (Å²) >= 11 is 0. The molecule has 1 heterocycles. The minimum Gasteiger partial charge on any atom is -0.398 e. The van der Waals surface area contributed by atoms with E-state index in [1.54, 1.807) is 0 Å². The van der Waals surface area contributed by atoms with Crippen molar-refractivity contribution < 1.29 is 0 Å². The number of anilines is 8. The van der Waals surface area contributed by atoms with Crippen LogP contribution in [-0.4, -0.2) is 0 Å². The number of rotatable bonds is 3. The molecule has 0 spiro atoms. The predicted octanol–water partition coefficient (Wildman–Crippen LogP) is 7.46. The maximum atomic E-state index is 6.32. The van der Waals surface area contributed by atoms with Crippen LogP contribution in [0.25, 0.3) is 0 Å². The maximum Gasteiger partial charge on any atom is 0.0718 e. The van der Waals surface area contributed by atoms with E-state index < -0.39 is 0 Å². The smallest absolute Gasteiger partial charge is 0.0718 e. The Hall–Kier alpha value is -3.92. The highest BCUT2D eigenvalue weighted by molar-refractivity contribution is 5.99. The highest BCUT2D eigenvalue weighted by atomic mass is 15.2. The molecule has 4 heteroatoms. The molecule has 4 aromatic rings. The van der Waals surface area contributed by atoms with E-state index in [2.05, 4.69) is 90.0 Å². The van der Waals surface area contributed by atoms with Crippen molar-refractivity contribution in [3.05, 3.63) is 95.6 Å².